The molecule has 130 valence electrons. The molecule has 6 nitrogen and oxygen atoms in total. The van der Waals surface area contributed by atoms with Gasteiger partial charge in [0, 0.05) is 42.9 Å². The summed E-state index contributed by atoms with van der Waals surface area (Å²) in [6, 6.07) is 7.41. The number of aromatic nitrogens is 2. The minimum atomic E-state index is -0.235. The van der Waals surface area contributed by atoms with E-state index in [1.807, 2.05) is 17.0 Å². The fraction of sp³-hybridized carbons (Fsp3) is 0.421. The SMILES string of the molecule is O=C(c1ccncc1)N1CC2(C1)OCC[C@H]2COCc1ccncc1. The molecule has 2 aliphatic heterocycles. The fourth-order valence-corrected chi connectivity index (χ4v) is 3.59. The van der Waals surface area contributed by atoms with Gasteiger partial charge in [-0.1, -0.05) is 0 Å². The summed E-state index contributed by atoms with van der Waals surface area (Å²) in [6.45, 7) is 3.24. The number of carbonyl (C=O) groups is 1. The fourth-order valence-electron chi connectivity index (χ4n) is 3.59. The van der Waals surface area contributed by atoms with Crippen LogP contribution < -0.4 is 0 Å². The van der Waals surface area contributed by atoms with Crippen molar-refractivity contribution in [1.29, 1.82) is 0 Å². The number of nitrogens with zero attached hydrogens (tertiary/aromatic N) is 3. The molecule has 4 heterocycles. The number of ether oxygens (including phenoxy) is 2. The van der Waals surface area contributed by atoms with E-state index >= 15 is 0 Å². The van der Waals surface area contributed by atoms with E-state index < -0.39 is 0 Å². The van der Waals surface area contributed by atoms with Gasteiger partial charge in [0.25, 0.3) is 5.91 Å². The first-order valence-corrected chi connectivity index (χ1v) is 8.57. The molecule has 2 fully saturated rings. The maximum Gasteiger partial charge on any atom is 0.254 e. The van der Waals surface area contributed by atoms with E-state index in [0.29, 0.717) is 37.8 Å². The summed E-state index contributed by atoms with van der Waals surface area (Å²) >= 11 is 0. The average molecular weight is 339 g/mol. The van der Waals surface area contributed by atoms with Crippen molar-refractivity contribution in [2.24, 2.45) is 5.92 Å². The van der Waals surface area contributed by atoms with Crippen LogP contribution in [0.1, 0.15) is 22.3 Å². The van der Waals surface area contributed by atoms with Crippen molar-refractivity contribution >= 4 is 5.91 Å². The summed E-state index contributed by atoms with van der Waals surface area (Å²) in [5, 5.41) is 0. The van der Waals surface area contributed by atoms with Gasteiger partial charge in [0.15, 0.2) is 0 Å². The lowest BCUT2D eigenvalue weighted by Gasteiger charge is -2.50. The van der Waals surface area contributed by atoms with Gasteiger partial charge in [-0.25, -0.2) is 0 Å². The Morgan fingerprint density at radius 3 is 2.56 bits per heavy atom. The van der Waals surface area contributed by atoms with Crippen molar-refractivity contribution in [3.63, 3.8) is 0 Å². The largest absolute Gasteiger partial charge is 0.376 e. The van der Waals surface area contributed by atoms with Crippen molar-refractivity contribution in [3.8, 4) is 0 Å². The predicted octanol–water partition coefficient (Wildman–Crippen LogP) is 1.92. The second-order valence-corrected chi connectivity index (χ2v) is 6.67. The molecule has 0 aliphatic carbocycles. The van der Waals surface area contributed by atoms with Gasteiger partial charge in [0.1, 0.15) is 5.60 Å². The number of likely N-dealkylation sites (tertiary alicyclic amines) is 1. The van der Waals surface area contributed by atoms with Crippen LogP contribution in [0.25, 0.3) is 0 Å². The zero-order chi connectivity index (χ0) is 17.1. The normalized spacial score (nSPS) is 21.3. The molecule has 25 heavy (non-hydrogen) atoms. The zero-order valence-corrected chi connectivity index (χ0v) is 14.0. The third kappa shape index (κ3) is 3.27. The highest BCUT2D eigenvalue weighted by Gasteiger charge is 2.54. The highest BCUT2D eigenvalue weighted by Crippen LogP contribution is 2.40. The van der Waals surface area contributed by atoms with Gasteiger partial charge < -0.3 is 14.4 Å². The molecule has 1 amide bonds. The molecular weight excluding hydrogens is 318 g/mol. The number of hydrogen-bond donors (Lipinski definition) is 0. The smallest absolute Gasteiger partial charge is 0.254 e. The van der Waals surface area contributed by atoms with Crippen LogP contribution >= 0.6 is 0 Å². The Balaban J connectivity index is 1.31. The average Bonchev–Trinajstić information content (AvgIpc) is 3.05. The second-order valence-electron chi connectivity index (χ2n) is 6.67. The van der Waals surface area contributed by atoms with E-state index in [1.165, 1.54) is 0 Å². The summed E-state index contributed by atoms with van der Waals surface area (Å²) in [5.74, 6) is 0.371. The summed E-state index contributed by atoms with van der Waals surface area (Å²) in [6.07, 6.45) is 7.81. The Bertz CT molecular complexity index is 717. The topological polar surface area (TPSA) is 64.6 Å². The van der Waals surface area contributed by atoms with Crippen LogP contribution in [0, 0.1) is 5.92 Å². The number of rotatable bonds is 5. The molecule has 0 radical (unpaired) electrons. The number of amides is 1. The highest BCUT2D eigenvalue weighted by molar-refractivity contribution is 5.94. The Morgan fingerprint density at radius 2 is 1.84 bits per heavy atom. The summed E-state index contributed by atoms with van der Waals surface area (Å²) in [5.41, 5.74) is 1.56. The van der Waals surface area contributed by atoms with E-state index in [-0.39, 0.29) is 11.5 Å². The standard InChI is InChI=1S/C19H21N3O3/c23-18(16-3-8-21-9-4-16)22-13-19(14-22)17(5-10-25-19)12-24-11-15-1-6-20-7-2-15/h1-4,6-9,17H,5,10-14H2/t17-/m0/s1. The lowest BCUT2D eigenvalue weighted by molar-refractivity contribution is -0.129. The molecule has 6 heteroatoms. The van der Waals surface area contributed by atoms with Crippen molar-refractivity contribution in [2.45, 2.75) is 18.6 Å². The van der Waals surface area contributed by atoms with Crippen LogP contribution in [0.15, 0.2) is 49.1 Å². The zero-order valence-electron chi connectivity index (χ0n) is 14.0. The Morgan fingerprint density at radius 1 is 1.16 bits per heavy atom. The van der Waals surface area contributed by atoms with Crippen molar-refractivity contribution in [3.05, 3.63) is 60.2 Å². The number of hydrogen-bond acceptors (Lipinski definition) is 5. The van der Waals surface area contributed by atoms with Gasteiger partial charge in [-0.05, 0) is 36.2 Å². The Labute approximate surface area is 146 Å². The first-order valence-electron chi connectivity index (χ1n) is 8.57. The van der Waals surface area contributed by atoms with E-state index in [4.69, 9.17) is 9.47 Å². The lowest BCUT2D eigenvalue weighted by atomic mass is 9.81. The number of carbonyl (C=O) groups excluding carboxylic acids is 1. The monoisotopic (exact) mass is 339 g/mol. The molecule has 2 aromatic rings. The Kier molecular flexibility index (Phi) is 4.46. The molecule has 1 spiro atoms. The van der Waals surface area contributed by atoms with Crippen LogP contribution in [0.4, 0.5) is 0 Å². The van der Waals surface area contributed by atoms with Gasteiger partial charge >= 0.3 is 0 Å². The van der Waals surface area contributed by atoms with Crippen molar-refractivity contribution in [1.82, 2.24) is 14.9 Å². The van der Waals surface area contributed by atoms with E-state index in [1.54, 1.807) is 36.9 Å². The van der Waals surface area contributed by atoms with Gasteiger partial charge in [-0.15, -0.1) is 0 Å². The highest BCUT2D eigenvalue weighted by atomic mass is 16.5. The van der Waals surface area contributed by atoms with Crippen LogP contribution in [-0.2, 0) is 16.1 Å². The van der Waals surface area contributed by atoms with E-state index in [9.17, 15) is 4.79 Å². The van der Waals surface area contributed by atoms with Gasteiger partial charge in [0.2, 0.25) is 0 Å². The molecule has 2 saturated heterocycles. The molecule has 2 aromatic heterocycles. The minimum absolute atomic E-state index is 0.0416. The maximum atomic E-state index is 12.5. The molecule has 2 aliphatic rings. The first kappa shape index (κ1) is 16.2. The molecule has 1 atom stereocenters. The van der Waals surface area contributed by atoms with Crippen molar-refractivity contribution < 1.29 is 14.3 Å². The summed E-state index contributed by atoms with van der Waals surface area (Å²) in [4.78, 5) is 22.3. The summed E-state index contributed by atoms with van der Waals surface area (Å²) in [7, 11) is 0. The first-order chi connectivity index (χ1) is 12.3. The van der Waals surface area contributed by atoms with Gasteiger partial charge in [0.05, 0.1) is 26.3 Å². The minimum Gasteiger partial charge on any atom is -0.376 e. The molecule has 4 rings (SSSR count). The molecular formula is C19H21N3O3. The van der Waals surface area contributed by atoms with Crippen LogP contribution in [0.3, 0.4) is 0 Å². The van der Waals surface area contributed by atoms with E-state index in [2.05, 4.69) is 9.97 Å². The molecule has 0 unspecified atom stereocenters. The molecule has 0 N–H and O–H groups in total. The van der Waals surface area contributed by atoms with Gasteiger partial charge in [-0.2, -0.15) is 0 Å². The second kappa shape index (κ2) is 6.90. The third-order valence-electron chi connectivity index (χ3n) is 5.07. The number of pyridine rings is 2. The molecule has 0 bridgehead atoms. The lowest BCUT2D eigenvalue weighted by Crippen LogP contribution is -2.66. The van der Waals surface area contributed by atoms with E-state index in [0.717, 1.165) is 18.6 Å². The van der Waals surface area contributed by atoms with Gasteiger partial charge in [-0.3, -0.25) is 14.8 Å². The quantitative estimate of drug-likeness (QED) is 0.833. The third-order valence-corrected chi connectivity index (χ3v) is 5.07. The maximum absolute atomic E-state index is 12.5. The van der Waals surface area contributed by atoms with Crippen LogP contribution in [-0.4, -0.2) is 52.7 Å². The Hall–Kier alpha value is -2.31. The predicted molar refractivity (Wildman–Crippen MR) is 90.8 cm³/mol. The molecule has 0 saturated carbocycles. The summed E-state index contributed by atoms with van der Waals surface area (Å²) < 4.78 is 11.9. The van der Waals surface area contributed by atoms with Crippen LogP contribution in [0.5, 0.6) is 0 Å². The molecule has 0 aromatic carbocycles. The van der Waals surface area contributed by atoms with Crippen LogP contribution in [0.2, 0.25) is 0 Å². The van der Waals surface area contributed by atoms with Crippen molar-refractivity contribution in [2.75, 3.05) is 26.3 Å².